The molecular weight excluding hydrogens is 693 g/mol. The fraction of sp³-hybridized carbons (Fsp3) is 0.412. The van der Waals surface area contributed by atoms with E-state index in [9.17, 15) is 40.3 Å². The fourth-order valence-electron chi connectivity index (χ4n) is 5.27. The van der Waals surface area contributed by atoms with Crippen molar-refractivity contribution < 1.29 is 40.3 Å². The molecule has 0 bridgehead atoms. The van der Waals surface area contributed by atoms with Gasteiger partial charge in [0, 0.05) is 43.4 Å². The molecule has 0 radical (unpaired) electrons. The first-order valence-electron chi connectivity index (χ1n) is 16.3. The minimum absolute atomic E-state index is 0.0207. The predicted molar refractivity (Wildman–Crippen MR) is 185 cm³/mol. The molecule has 0 heterocycles. The van der Waals surface area contributed by atoms with Gasteiger partial charge in [0.05, 0.1) is 21.9 Å². The van der Waals surface area contributed by atoms with Gasteiger partial charge in [-0.2, -0.15) is 0 Å². The number of hydrogen-bond donors (Lipinski definition) is 4. The number of aliphatic hydroxyl groups excluding tert-OH is 1. The first kappa shape index (κ1) is 40.6. The van der Waals surface area contributed by atoms with Crippen molar-refractivity contribution in [1.82, 2.24) is 20.1 Å². The second-order valence-corrected chi connectivity index (χ2v) is 15.1. The van der Waals surface area contributed by atoms with Gasteiger partial charge in [0.25, 0.3) is 21.8 Å². The Morgan fingerprint density at radius 2 is 1.42 bits per heavy atom. The van der Waals surface area contributed by atoms with Crippen LogP contribution in [-0.2, 0) is 26.5 Å². The molecule has 0 saturated carbocycles. The summed E-state index contributed by atoms with van der Waals surface area (Å²) in [7, 11) is -8.46. The van der Waals surface area contributed by atoms with Gasteiger partial charge in [-0.25, -0.2) is 35.8 Å². The topological polar surface area (TPSA) is 179 Å². The molecule has 0 aliphatic rings. The van der Waals surface area contributed by atoms with Gasteiger partial charge in [-0.05, 0) is 73.7 Å². The highest BCUT2D eigenvalue weighted by atomic mass is 32.2. The standard InChI is InChI=1S/C34H45F2N5O7S2/c1-4-7-15-41(39-50(47,48)29-11-9-8-10-12-29)23-32(42)31(18-24-16-27(35)22-28(36)17-24)38-33(43)25-19-26(21-30(20-25)49(37,45)46)34(44)40(13-5-2)14-6-3/h8-12,16-17,19-22,31-32,39,42H,4-7,13-15,18,23H2,1-3H3,(H,38,43)(H2,37,45,46). The number of sulfonamides is 2. The average molecular weight is 738 g/mol. The molecule has 3 rings (SSSR count). The van der Waals surface area contributed by atoms with E-state index in [4.69, 9.17) is 5.14 Å². The number of hydrogen-bond acceptors (Lipinski definition) is 8. The molecule has 50 heavy (non-hydrogen) atoms. The van der Waals surface area contributed by atoms with Gasteiger partial charge in [0.15, 0.2) is 0 Å². The fourth-order valence-corrected chi connectivity index (χ4v) is 6.98. The normalized spacial score (nSPS) is 13.2. The van der Waals surface area contributed by atoms with Crippen LogP contribution in [0.25, 0.3) is 0 Å². The third kappa shape index (κ3) is 11.9. The number of amides is 2. The number of aliphatic hydroxyl groups is 1. The zero-order valence-electron chi connectivity index (χ0n) is 28.3. The lowest BCUT2D eigenvalue weighted by Gasteiger charge is -2.30. The highest BCUT2D eigenvalue weighted by Gasteiger charge is 2.29. The third-order valence-corrected chi connectivity index (χ3v) is 9.95. The number of nitrogens with one attached hydrogen (secondary N) is 2. The number of rotatable bonds is 19. The van der Waals surface area contributed by atoms with Crippen LogP contribution < -0.4 is 15.3 Å². The predicted octanol–water partition coefficient (Wildman–Crippen LogP) is 3.57. The van der Waals surface area contributed by atoms with Crippen LogP contribution in [0, 0.1) is 11.6 Å². The minimum atomic E-state index is -4.39. The SMILES string of the molecule is CCCCN(CC(O)C(Cc1cc(F)cc(F)c1)NC(=O)c1cc(C(=O)N(CCC)CCC)cc(S(N)(=O)=O)c1)NS(=O)(=O)c1ccccc1. The number of benzene rings is 3. The largest absolute Gasteiger partial charge is 0.390 e. The van der Waals surface area contributed by atoms with Crippen LogP contribution in [0.3, 0.4) is 0 Å². The number of carbonyl (C=O) groups is 2. The Morgan fingerprint density at radius 1 is 0.820 bits per heavy atom. The van der Waals surface area contributed by atoms with Gasteiger partial charge in [0.1, 0.15) is 11.6 Å². The zero-order valence-corrected chi connectivity index (χ0v) is 29.9. The lowest BCUT2D eigenvalue weighted by atomic mass is 9.99. The summed E-state index contributed by atoms with van der Waals surface area (Å²) in [6.45, 7) is 6.22. The maximum Gasteiger partial charge on any atom is 0.253 e. The summed E-state index contributed by atoms with van der Waals surface area (Å²) in [5.74, 6) is -3.23. The molecule has 0 fully saturated rings. The first-order valence-corrected chi connectivity index (χ1v) is 19.3. The van der Waals surface area contributed by atoms with Crippen LogP contribution in [0.5, 0.6) is 0 Å². The van der Waals surface area contributed by atoms with Gasteiger partial charge in [-0.1, -0.05) is 45.4 Å². The Bertz CT molecular complexity index is 1800. The van der Waals surface area contributed by atoms with Gasteiger partial charge in [0.2, 0.25) is 10.0 Å². The van der Waals surface area contributed by atoms with Gasteiger partial charge >= 0.3 is 0 Å². The molecule has 0 aliphatic heterocycles. The van der Waals surface area contributed by atoms with E-state index < -0.39 is 60.5 Å². The second kappa shape index (κ2) is 18.4. The summed E-state index contributed by atoms with van der Waals surface area (Å²) < 4.78 is 79.5. The van der Waals surface area contributed by atoms with E-state index in [2.05, 4.69) is 10.1 Å². The smallest absolute Gasteiger partial charge is 0.253 e. The quantitative estimate of drug-likeness (QED) is 0.135. The molecule has 2 unspecified atom stereocenters. The number of carbonyl (C=O) groups excluding carboxylic acids is 2. The summed E-state index contributed by atoms with van der Waals surface area (Å²) in [6, 6.07) is 12.3. The van der Waals surface area contributed by atoms with Gasteiger partial charge in [-0.15, -0.1) is 4.83 Å². The molecule has 5 N–H and O–H groups in total. The lowest BCUT2D eigenvalue weighted by molar-refractivity contribution is 0.0614. The van der Waals surface area contributed by atoms with Crippen molar-refractivity contribution in [2.75, 3.05) is 26.2 Å². The van der Waals surface area contributed by atoms with E-state index in [-0.39, 0.29) is 41.1 Å². The maximum absolute atomic E-state index is 14.2. The Kier molecular flexibility index (Phi) is 15.0. The van der Waals surface area contributed by atoms with Crippen LogP contribution in [0.15, 0.2) is 76.5 Å². The first-order chi connectivity index (χ1) is 23.6. The maximum atomic E-state index is 14.2. The van der Waals surface area contributed by atoms with Gasteiger partial charge < -0.3 is 15.3 Å². The molecule has 0 saturated heterocycles. The number of unbranched alkanes of at least 4 members (excludes halogenated alkanes) is 1. The third-order valence-electron chi connectivity index (χ3n) is 7.67. The number of primary sulfonamides is 1. The molecule has 12 nitrogen and oxygen atoms in total. The molecule has 3 aromatic rings. The lowest BCUT2D eigenvalue weighted by Crippen LogP contribution is -2.53. The van der Waals surface area contributed by atoms with E-state index in [1.807, 2.05) is 20.8 Å². The van der Waals surface area contributed by atoms with E-state index in [1.54, 1.807) is 18.2 Å². The molecular formula is C34H45F2N5O7S2. The number of halogens is 2. The highest BCUT2D eigenvalue weighted by Crippen LogP contribution is 2.19. The van der Waals surface area contributed by atoms with Crippen molar-refractivity contribution in [3.8, 4) is 0 Å². The highest BCUT2D eigenvalue weighted by molar-refractivity contribution is 7.89. The summed E-state index contributed by atoms with van der Waals surface area (Å²) in [5, 5.41) is 20.8. The van der Waals surface area contributed by atoms with E-state index >= 15 is 0 Å². The van der Waals surface area contributed by atoms with Crippen molar-refractivity contribution in [3.63, 3.8) is 0 Å². The summed E-state index contributed by atoms with van der Waals surface area (Å²) in [6.07, 6.45) is 0.622. The Morgan fingerprint density at radius 3 is 1.98 bits per heavy atom. The zero-order chi connectivity index (χ0) is 37.1. The molecule has 274 valence electrons. The Labute approximate surface area is 292 Å². The summed E-state index contributed by atoms with van der Waals surface area (Å²) in [4.78, 5) is 30.7. The molecule has 2 amide bonds. The molecule has 0 aromatic heterocycles. The average Bonchev–Trinajstić information content (AvgIpc) is 3.05. The van der Waals surface area contributed by atoms with Crippen LogP contribution in [0.4, 0.5) is 8.78 Å². The second-order valence-electron chi connectivity index (χ2n) is 11.9. The van der Waals surface area contributed by atoms with Crippen LogP contribution in [0.2, 0.25) is 0 Å². The van der Waals surface area contributed by atoms with Gasteiger partial charge in [-0.3, -0.25) is 9.59 Å². The number of nitrogens with two attached hydrogens (primary N) is 1. The van der Waals surface area contributed by atoms with Crippen molar-refractivity contribution in [2.45, 2.75) is 74.8 Å². The number of nitrogens with zero attached hydrogens (tertiary/aromatic N) is 2. The van der Waals surface area contributed by atoms with Crippen molar-refractivity contribution >= 4 is 31.9 Å². The van der Waals surface area contributed by atoms with Crippen LogP contribution in [0.1, 0.15) is 72.7 Å². The minimum Gasteiger partial charge on any atom is -0.390 e. The molecule has 0 aliphatic carbocycles. The van der Waals surface area contributed by atoms with Crippen molar-refractivity contribution in [3.05, 3.63) is 95.1 Å². The van der Waals surface area contributed by atoms with Crippen LogP contribution >= 0.6 is 0 Å². The van der Waals surface area contributed by atoms with Crippen molar-refractivity contribution in [1.29, 1.82) is 0 Å². The molecule has 16 heteroatoms. The van der Waals surface area contributed by atoms with E-state index in [0.717, 1.165) is 24.3 Å². The molecule has 2 atom stereocenters. The van der Waals surface area contributed by atoms with E-state index in [0.29, 0.717) is 44.8 Å². The summed E-state index contributed by atoms with van der Waals surface area (Å²) in [5.41, 5.74) is -0.308. The van der Waals surface area contributed by atoms with E-state index in [1.165, 1.54) is 28.1 Å². The Balaban J connectivity index is 2.01. The van der Waals surface area contributed by atoms with Crippen molar-refractivity contribution in [2.24, 2.45) is 5.14 Å². The molecule has 0 spiro atoms. The number of hydrazine groups is 1. The monoisotopic (exact) mass is 737 g/mol. The molecule has 3 aromatic carbocycles. The Hall–Kier alpha value is -3.80. The summed E-state index contributed by atoms with van der Waals surface area (Å²) >= 11 is 0. The van der Waals surface area contributed by atoms with Crippen LogP contribution in [-0.4, -0.2) is 82.0 Å².